The molecule has 4 fully saturated rings. The molecule has 0 aliphatic heterocycles. The van der Waals surface area contributed by atoms with Crippen LogP contribution in [0.4, 0.5) is 0 Å². The summed E-state index contributed by atoms with van der Waals surface area (Å²) in [6, 6.07) is 0. The molecule has 2 unspecified atom stereocenters. The quantitative estimate of drug-likeness (QED) is 0.203. The summed E-state index contributed by atoms with van der Waals surface area (Å²) in [4.78, 5) is 0. The molecule has 0 heterocycles. The van der Waals surface area contributed by atoms with Crippen molar-refractivity contribution >= 4 is 10.4 Å². The SMILES string of the molecule is CC(/C=C/[C@@H](C)[C@H]1C[C@H](O)[C@H]2[C@@H]3C[C@@H](O)[C@@]4(O)C[C@@H](O)CC[C@]4(C)[C@H]3CC[C@@]21C)C(C)(O)COS(=O)(=O)O. The maximum Gasteiger partial charge on any atom is 0.397 e. The second-order valence-electron chi connectivity index (χ2n) is 13.8. The molecule has 0 radical (unpaired) electrons. The summed E-state index contributed by atoms with van der Waals surface area (Å²) in [5, 5.41) is 55.3. The third kappa shape index (κ3) is 5.02. The topological polar surface area (TPSA) is 165 Å². The van der Waals surface area contributed by atoms with Gasteiger partial charge in [-0.15, -0.1) is 0 Å². The van der Waals surface area contributed by atoms with Gasteiger partial charge in [-0.1, -0.05) is 39.8 Å². The summed E-state index contributed by atoms with van der Waals surface area (Å²) in [6.45, 7) is 9.06. The van der Waals surface area contributed by atoms with Gasteiger partial charge in [-0.3, -0.25) is 4.55 Å². The van der Waals surface area contributed by atoms with Crippen LogP contribution in [-0.4, -0.2) is 74.6 Å². The molecule has 10 heteroatoms. The van der Waals surface area contributed by atoms with Gasteiger partial charge in [-0.25, -0.2) is 4.18 Å². The monoisotopic (exact) mass is 560 g/mol. The van der Waals surface area contributed by atoms with E-state index in [1.54, 1.807) is 6.92 Å². The van der Waals surface area contributed by atoms with Gasteiger partial charge in [0.15, 0.2) is 0 Å². The zero-order valence-corrected chi connectivity index (χ0v) is 24.1. The second-order valence-corrected chi connectivity index (χ2v) is 14.9. The van der Waals surface area contributed by atoms with Gasteiger partial charge in [-0.05, 0) is 80.5 Å². The second kappa shape index (κ2) is 10.0. The lowest BCUT2D eigenvalue weighted by Gasteiger charge is -2.65. The van der Waals surface area contributed by atoms with E-state index in [4.69, 9.17) is 4.55 Å². The minimum Gasteiger partial charge on any atom is -0.393 e. The van der Waals surface area contributed by atoms with Gasteiger partial charge in [0.2, 0.25) is 0 Å². The van der Waals surface area contributed by atoms with Crippen molar-refractivity contribution in [3.05, 3.63) is 12.2 Å². The van der Waals surface area contributed by atoms with Crippen LogP contribution >= 0.6 is 0 Å². The van der Waals surface area contributed by atoms with E-state index in [0.29, 0.717) is 25.7 Å². The highest BCUT2D eigenvalue weighted by atomic mass is 32.3. The van der Waals surface area contributed by atoms with Crippen LogP contribution in [0.2, 0.25) is 0 Å². The molecule has 4 aliphatic rings. The Kier molecular flexibility index (Phi) is 8.03. The Morgan fingerprint density at radius 3 is 2.37 bits per heavy atom. The third-order valence-electron chi connectivity index (χ3n) is 11.7. The van der Waals surface area contributed by atoms with Crippen molar-refractivity contribution in [2.75, 3.05) is 6.61 Å². The summed E-state index contributed by atoms with van der Waals surface area (Å²) in [5.41, 5.74) is -3.50. The minimum atomic E-state index is -4.65. The van der Waals surface area contributed by atoms with E-state index in [0.717, 1.165) is 12.8 Å². The van der Waals surface area contributed by atoms with E-state index in [1.807, 2.05) is 12.2 Å². The van der Waals surface area contributed by atoms with Crippen molar-refractivity contribution in [2.45, 2.75) is 109 Å². The fourth-order valence-corrected chi connectivity index (χ4v) is 9.59. The third-order valence-corrected chi connectivity index (χ3v) is 12.1. The molecule has 0 saturated heterocycles. The average Bonchev–Trinajstić information content (AvgIpc) is 3.08. The molecular formula is C28H48O9S. The van der Waals surface area contributed by atoms with Gasteiger partial charge in [0.1, 0.15) is 0 Å². The van der Waals surface area contributed by atoms with Crippen LogP contribution in [0.15, 0.2) is 12.2 Å². The first-order valence-corrected chi connectivity index (χ1v) is 15.5. The summed E-state index contributed by atoms with van der Waals surface area (Å²) in [5.74, 6) is 0.0304. The molecule has 38 heavy (non-hydrogen) atoms. The number of hydrogen-bond acceptors (Lipinski definition) is 8. The van der Waals surface area contributed by atoms with Gasteiger partial charge in [-0.2, -0.15) is 8.42 Å². The van der Waals surface area contributed by atoms with Gasteiger partial charge >= 0.3 is 10.4 Å². The highest BCUT2D eigenvalue weighted by Gasteiger charge is 2.68. The largest absolute Gasteiger partial charge is 0.397 e. The van der Waals surface area contributed by atoms with Gasteiger partial charge in [0.05, 0.1) is 36.1 Å². The Bertz CT molecular complexity index is 1010. The Labute approximate surface area is 227 Å². The fraction of sp³-hybridized carbons (Fsp3) is 0.929. The first kappa shape index (κ1) is 30.4. The molecule has 0 bridgehead atoms. The zero-order chi connectivity index (χ0) is 28.5. The van der Waals surface area contributed by atoms with E-state index >= 15 is 0 Å². The van der Waals surface area contributed by atoms with Crippen LogP contribution in [0.5, 0.6) is 0 Å². The molecule has 4 rings (SSSR count). The standard InChI is InChI=1S/C28H48O9S/c1-16(6-7-17(2)27(5,32)15-37-38(34,35)36)21-13-22(30)24-19-12-23(31)28(33)14-18(29)8-11-26(28,4)20(19)9-10-25(21,24)3/h6-7,16-24,29-33H,8-15H2,1-5H3,(H,34,35,36)/b7-6+/t16-,17?,18+,19-,20+,21-,22+,23-,24-,25-,26-,27?,28+/m1/s1. The molecule has 0 amide bonds. The summed E-state index contributed by atoms with van der Waals surface area (Å²) >= 11 is 0. The van der Waals surface area contributed by atoms with E-state index < -0.39 is 57.9 Å². The van der Waals surface area contributed by atoms with Gasteiger partial charge in [0.25, 0.3) is 0 Å². The number of aliphatic hydroxyl groups excluding tert-OH is 3. The maximum absolute atomic E-state index is 11.7. The lowest BCUT2D eigenvalue weighted by Crippen LogP contribution is -2.69. The number of aliphatic hydroxyl groups is 5. The Balaban J connectivity index is 1.52. The van der Waals surface area contributed by atoms with Crippen molar-refractivity contribution in [3.63, 3.8) is 0 Å². The Hall–Kier alpha value is -0.590. The van der Waals surface area contributed by atoms with Crippen LogP contribution in [0.3, 0.4) is 0 Å². The smallest absolute Gasteiger partial charge is 0.393 e. The molecule has 0 spiro atoms. The van der Waals surface area contributed by atoms with E-state index in [2.05, 4.69) is 25.0 Å². The van der Waals surface area contributed by atoms with Crippen molar-refractivity contribution in [1.29, 1.82) is 0 Å². The zero-order valence-electron chi connectivity index (χ0n) is 23.3. The number of fused-ring (bicyclic) bond motifs is 5. The van der Waals surface area contributed by atoms with Gasteiger partial charge < -0.3 is 25.5 Å². The van der Waals surface area contributed by atoms with E-state index in [1.165, 1.54) is 6.92 Å². The van der Waals surface area contributed by atoms with Crippen LogP contribution < -0.4 is 0 Å². The molecule has 0 aromatic heterocycles. The van der Waals surface area contributed by atoms with Crippen molar-refractivity contribution in [2.24, 2.45) is 46.3 Å². The molecule has 6 N–H and O–H groups in total. The Morgan fingerprint density at radius 2 is 1.74 bits per heavy atom. The van der Waals surface area contributed by atoms with E-state index in [-0.39, 0.29) is 41.4 Å². The average molecular weight is 561 g/mol. The first-order valence-electron chi connectivity index (χ1n) is 14.1. The maximum atomic E-state index is 11.7. The van der Waals surface area contributed by atoms with Crippen molar-refractivity contribution in [3.8, 4) is 0 Å². The lowest BCUT2D eigenvalue weighted by molar-refractivity contribution is -0.268. The lowest BCUT2D eigenvalue weighted by atomic mass is 9.42. The number of allylic oxidation sites excluding steroid dienone is 1. The van der Waals surface area contributed by atoms with Crippen molar-refractivity contribution < 1.29 is 42.7 Å². The first-order chi connectivity index (χ1) is 17.4. The molecular weight excluding hydrogens is 512 g/mol. The molecule has 4 aliphatic carbocycles. The minimum absolute atomic E-state index is 0.00586. The molecule has 13 atom stereocenters. The molecule has 220 valence electrons. The van der Waals surface area contributed by atoms with E-state index in [9.17, 15) is 34.0 Å². The number of hydrogen-bond donors (Lipinski definition) is 6. The summed E-state index contributed by atoms with van der Waals surface area (Å²) in [7, 11) is -4.65. The molecule has 0 aromatic rings. The van der Waals surface area contributed by atoms with Crippen LogP contribution in [0.1, 0.15) is 79.6 Å². The summed E-state index contributed by atoms with van der Waals surface area (Å²) in [6.07, 6.45) is 6.10. The fourth-order valence-electron chi connectivity index (χ4n) is 9.20. The van der Waals surface area contributed by atoms with Gasteiger partial charge in [0, 0.05) is 17.8 Å². The normalized spacial score (nSPS) is 48.6. The highest BCUT2D eigenvalue weighted by Crippen LogP contribution is 2.69. The van der Waals surface area contributed by atoms with Crippen molar-refractivity contribution in [1.82, 2.24) is 0 Å². The predicted octanol–water partition coefficient (Wildman–Crippen LogP) is 2.46. The van der Waals surface area contributed by atoms with Crippen LogP contribution in [0, 0.1) is 46.3 Å². The molecule has 4 saturated carbocycles. The van der Waals surface area contributed by atoms with Crippen LogP contribution in [-0.2, 0) is 14.6 Å². The number of rotatable bonds is 7. The van der Waals surface area contributed by atoms with Crippen LogP contribution in [0.25, 0.3) is 0 Å². The molecule has 9 nitrogen and oxygen atoms in total. The summed E-state index contributed by atoms with van der Waals surface area (Å²) < 4.78 is 35.1. The molecule has 0 aromatic carbocycles. The Morgan fingerprint density at radius 1 is 1.08 bits per heavy atom. The highest BCUT2D eigenvalue weighted by molar-refractivity contribution is 7.80. The predicted molar refractivity (Wildman–Crippen MR) is 141 cm³/mol.